The number of rotatable bonds is 4. The maximum atomic E-state index is 8.97. The summed E-state index contributed by atoms with van der Waals surface area (Å²) in [6, 6.07) is 0. The van der Waals surface area contributed by atoms with Gasteiger partial charge in [-0.2, -0.15) is 0 Å². The van der Waals surface area contributed by atoms with Crippen molar-refractivity contribution < 1.29 is 115 Å². The molecule has 21 nitrogen and oxygen atoms in total. The minimum Gasteiger partial charge on any atom is -0.724 e. The molecule has 0 radical (unpaired) electrons. The van der Waals surface area contributed by atoms with E-state index >= 15 is 0 Å². The van der Waals surface area contributed by atoms with Crippen LogP contribution >= 0.6 is 0 Å². The van der Waals surface area contributed by atoms with Crippen LogP contribution in [0.4, 0.5) is 0 Å². The molecule has 0 amide bonds. The van der Waals surface area contributed by atoms with E-state index in [4.69, 9.17) is 72.9 Å². The van der Waals surface area contributed by atoms with Gasteiger partial charge in [0.25, 0.3) is 0 Å². The Balaban J connectivity index is -0.0000000381. The Morgan fingerprint density at radius 3 is 0.519 bits per heavy atom. The van der Waals surface area contributed by atoms with Gasteiger partial charge < -0.3 is 23.7 Å². The molecule has 27 heteroatoms. The minimum atomic E-state index is -4.86. The Morgan fingerprint density at radius 2 is 0.519 bits per heavy atom. The zero-order valence-corrected chi connectivity index (χ0v) is 16.5. The Bertz CT molecular complexity index is 564. The largest absolute Gasteiger partial charge is 3.00 e. The van der Waals surface area contributed by atoms with E-state index in [-0.39, 0.29) is 41.7 Å². The molecule has 0 unspecified atom stereocenters. The summed E-state index contributed by atoms with van der Waals surface area (Å²) in [6.45, 7) is 0. The first-order valence-electron chi connectivity index (χ1n) is 3.40. The first kappa shape index (κ1) is 45.9. The standard InChI is InChI=1S/Al.Li.4H2O5S.H2O/c;;4*1-5-6(2,3)4;/h;;4*1H,(H,2,3,4);1H2/q+3;+1;;;;;/p-4. The molecule has 0 bridgehead atoms. The van der Waals surface area contributed by atoms with Gasteiger partial charge in [-0.05, 0) is 0 Å². The maximum absolute atomic E-state index is 8.97. The minimum absolute atomic E-state index is 0. The van der Waals surface area contributed by atoms with Gasteiger partial charge in [-0.1, -0.05) is 0 Å². The summed E-state index contributed by atoms with van der Waals surface area (Å²) in [5, 5.41) is 28.0. The van der Waals surface area contributed by atoms with Gasteiger partial charge in [-0.25, -0.2) is 54.7 Å². The SMILES string of the molecule is O.O=S(=O)([O-])OO.O=S(=O)([O-])OO.O=S(=O)([O-])OO.O=S(=O)([O-])OO.[Al+3].[Li+]. The molecule has 6 N–H and O–H groups in total. The molecule has 0 saturated carbocycles. The van der Waals surface area contributed by atoms with Crippen molar-refractivity contribution in [1.29, 1.82) is 0 Å². The summed E-state index contributed by atoms with van der Waals surface area (Å²) in [4.78, 5) is 0. The molecular formula is H6AlLiO21S4. The summed E-state index contributed by atoms with van der Waals surface area (Å²) >= 11 is 0. The van der Waals surface area contributed by atoms with Gasteiger partial charge in [0.05, 0.1) is 0 Å². The predicted molar refractivity (Wildman–Crippen MR) is 63.0 cm³/mol. The first-order valence-corrected chi connectivity index (χ1v) is 8.73. The fourth-order valence-corrected chi connectivity index (χ4v) is 0. The zero-order valence-electron chi connectivity index (χ0n) is 12.0. The summed E-state index contributed by atoms with van der Waals surface area (Å²) < 4.78 is 117. The topological polar surface area (TPSA) is 378 Å². The van der Waals surface area contributed by atoms with E-state index in [9.17, 15) is 0 Å². The molecule has 0 fully saturated rings. The van der Waals surface area contributed by atoms with Gasteiger partial charge >= 0.3 is 36.2 Å². The third kappa shape index (κ3) is 102. The molecule has 160 valence electrons. The second-order valence-corrected chi connectivity index (χ2v) is 5.79. The Hall–Kier alpha value is 0.410. The van der Waals surface area contributed by atoms with E-state index in [0.29, 0.717) is 0 Å². The Kier molecular flexibility index (Phi) is 35.9. The normalized spacial score (nSPS) is 10.4. The monoisotopic (exact) mass is 504 g/mol. The Morgan fingerprint density at radius 1 is 0.481 bits per heavy atom. The van der Waals surface area contributed by atoms with E-state index in [1.54, 1.807) is 0 Å². The van der Waals surface area contributed by atoms with Crippen LogP contribution in [-0.4, -0.2) is 95.7 Å². The van der Waals surface area contributed by atoms with Crippen molar-refractivity contribution in [2.45, 2.75) is 0 Å². The third-order valence-corrected chi connectivity index (χ3v) is 1.10. The van der Waals surface area contributed by atoms with Crippen molar-refractivity contribution in [2.75, 3.05) is 0 Å². The predicted octanol–water partition coefficient (Wildman–Crippen LogP) is -8.46. The molecule has 0 aromatic rings. The second kappa shape index (κ2) is 21.1. The molecule has 0 aliphatic rings. The Labute approximate surface area is 173 Å². The molecule has 0 heterocycles. The van der Waals surface area contributed by atoms with Crippen molar-refractivity contribution in [3.63, 3.8) is 0 Å². The van der Waals surface area contributed by atoms with Crippen LogP contribution in [0.1, 0.15) is 0 Å². The number of hydrogen-bond donors (Lipinski definition) is 4. The maximum Gasteiger partial charge on any atom is 3.00 e. The third-order valence-electron chi connectivity index (χ3n) is 0.365. The van der Waals surface area contributed by atoms with Gasteiger partial charge in [0, 0.05) is 0 Å². The van der Waals surface area contributed by atoms with Crippen LogP contribution in [-0.2, 0) is 58.9 Å². The summed E-state index contributed by atoms with van der Waals surface area (Å²) in [7, 11) is -19.4. The second-order valence-electron chi connectivity index (χ2n) is 1.93. The van der Waals surface area contributed by atoms with Crippen LogP contribution in [0.5, 0.6) is 0 Å². The van der Waals surface area contributed by atoms with Crippen molar-refractivity contribution in [2.24, 2.45) is 0 Å². The molecule has 0 rings (SSSR count). The van der Waals surface area contributed by atoms with Crippen LogP contribution in [0.3, 0.4) is 0 Å². The van der Waals surface area contributed by atoms with Gasteiger partial charge in [-0.3, -0.25) is 0 Å². The quantitative estimate of drug-likeness (QED) is 0.0906. The van der Waals surface area contributed by atoms with Gasteiger partial charge in [0.1, 0.15) is 0 Å². The fraction of sp³-hybridized carbons (Fsp3) is 0. The van der Waals surface area contributed by atoms with Crippen molar-refractivity contribution >= 4 is 59.0 Å². The molecule has 0 spiro atoms. The molecule has 27 heavy (non-hydrogen) atoms. The van der Waals surface area contributed by atoms with Crippen molar-refractivity contribution in [3.05, 3.63) is 0 Å². The average Bonchev–Trinajstić information content (AvgIpc) is 2.37. The van der Waals surface area contributed by atoms with Gasteiger partial charge in [0.2, 0.25) is 41.6 Å². The van der Waals surface area contributed by atoms with E-state index in [2.05, 4.69) is 17.3 Å². The van der Waals surface area contributed by atoms with Crippen LogP contribution in [0.25, 0.3) is 0 Å². The molecular weight excluding hydrogens is 498 g/mol. The molecule has 0 aromatic carbocycles. The van der Waals surface area contributed by atoms with Crippen LogP contribution in [0.2, 0.25) is 0 Å². The summed E-state index contributed by atoms with van der Waals surface area (Å²) in [5.74, 6) is 0. The van der Waals surface area contributed by atoms with Crippen molar-refractivity contribution in [3.8, 4) is 0 Å². The van der Waals surface area contributed by atoms with Gasteiger partial charge in [0.15, 0.2) is 0 Å². The van der Waals surface area contributed by atoms with Gasteiger partial charge in [-0.15, -0.1) is 17.3 Å². The van der Waals surface area contributed by atoms with E-state index in [1.165, 1.54) is 0 Å². The molecule has 0 aliphatic carbocycles. The van der Waals surface area contributed by atoms with E-state index < -0.39 is 41.6 Å². The molecule has 0 atom stereocenters. The number of hydrogen-bond acceptors (Lipinski definition) is 20. The van der Waals surface area contributed by atoms with E-state index in [0.717, 1.165) is 0 Å². The average molecular weight is 504 g/mol. The molecule has 0 aromatic heterocycles. The fourth-order valence-electron chi connectivity index (χ4n) is 0. The van der Waals surface area contributed by atoms with E-state index in [1.807, 2.05) is 0 Å². The summed E-state index contributed by atoms with van der Waals surface area (Å²) in [6.07, 6.45) is 0. The van der Waals surface area contributed by atoms with Crippen LogP contribution in [0, 0.1) is 0 Å². The smallest absolute Gasteiger partial charge is 0.724 e. The van der Waals surface area contributed by atoms with Crippen molar-refractivity contribution in [1.82, 2.24) is 0 Å². The zero-order chi connectivity index (χ0) is 20.8. The van der Waals surface area contributed by atoms with Crippen LogP contribution < -0.4 is 18.9 Å². The molecule has 0 aliphatic heterocycles. The summed E-state index contributed by atoms with van der Waals surface area (Å²) in [5.41, 5.74) is 0. The van der Waals surface area contributed by atoms with Crippen LogP contribution in [0.15, 0.2) is 0 Å². The first-order chi connectivity index (χ1) is 10.2. The molecule has 0 saturated heterocycles.